The molecule has 0 spiro atoms. The predicted molar refractivity (Wildman–Crippen MR) is 100 cm³/mol. The third-order valence-corrected chi connectivity index (χ3v) is 3.69. The van der Waals surface area contributed by atoms with Gasteiger partial charge < -0.3 is 15.5 Å². The van der Waals surface area contributed by atoms with Crippen molar-refractivity contribution >= 4 is 28.8 Å². The van der Waals surface area contributed by atoms with Crippen molar-refractivity contribution in [3.63, 3.8) is 0 Å². The van der Waals surface area contributed by atoms with Crippen molar-refractivity contribution < 1.29 is 8.78 Å². The van der Waals surface area contributed by atoms with Crippen LogP contribution in [0.3, 0.4) is 0 Å². The standard InChI is InChI=1S/C19H19F2N5/c1-12-10-18(23-14-5-7-15(8-6-14)26(2)3)25-19(22-12)24-17-9-4-13(20)11-16(17)21/h4-11H,1-3H3,(H2,22,23,24,25). The van der Waals surface area contributed by atoms with E-state index in [9.17, 15) is 8.78 Å². The molecule has 1 heterocycles. The van der Waals surface area contributed by atoms with Gasteiger partial charge in [-0.25, -0.2) is 13.8 Å². The van der Waals surface area contributed by atoms with Crippen molar-refractivity contribution in [1.29, 1.82) is 0 Å². The highest BCUT2D eigenvalue weighted by Crippen LogP contribution is 2.22. The van der Waals surface area contributed by atoms with Crippen LogP contribution in [-0.2, 0) is 0 Å². The van der Waals surface area contributed by atoms with Crippen LogP contribution in [0.25, 0.3) is 0 Å². The Labute approximate surface area is 150 Å². The Morgan fingerprint density at radius 3 is 2.27 bits per heavy atom. The van der Waals surface area contributed by atoms with E-state index in [2.05, 4.69) is 20.6 Å². The predicted octanol–water partition coefficient (Wildman–Crippen LogP) is 4.62. The molecule has 0 bridgehead atoms. The van der Waals surface area contributed by atoms with E-state index < -0.39 is 11.6 Å². The fourth-order valence-electron chi connectivity index (χ4n) is 2.39. The summed E-state index contributed by atoms with van der Waals surface area (Å²) >= 11 is 0. The third-order valence-electron chi connectivity index (χ3n) is 3.69. The van der Waals surface area contributed by atoms with Gasteiger partial charge in [0.2, 0.25) is 5.95 Å². The molecule has 2 aromatic carbocycles. The van der Waals surface area contributed by atoms with Gasteiger partial charge in [0.15, 0.2) is 0 Å². The number of anilines is 5. The number of aromatic nitrogens is 2. The molecule has 1 aromatic heterocycles. The first kappa shape index (κ1) is 17.6. The topological polar surface area (TPSA) is 53.1 Å². The maximum Gasteiger partial charge on any atom is 0.229 e. The number of nitrogens with zero attached hydrogens (tertiary/aromatic N) is 3. The number of halogens is 2. The number of hydrogen-bond donors (Lipinski definition) is 2. The SMILES string of the molecule is Cc1cc(Nc2ccc(N(C)C)cc2)nc(Nc2ccc(F)cc2F)n1. The first-order valence-electron chi connectivity index (χ1n) is 8.03. The monoisotopic (exact) mass is 355 g/mol. The van der Waals surface area contributed by atoms with Crippen LogP contribution in [0.4, 0.5) is 37.6 Å². The Balaban J connectivity index is 1.81. The highest BCUT2D eigenvalue weighted by Gasteiger charge is 2.08. The lowest BCUT2D eigenvalue weighted by Gasteiger charge is -2.14. The molecule has 0 saturated carbocycles. The molecule has 2 N–H and O–H groups in total. The van der Waals surface area contributed by atoms with Crippen LogP contribution in [0.5, 0.6) is 0 Å². The van der Waals surface area contributed by atoms with Crippen molar-refractivity contribution in [3.05, 3.63) is 65.9 Å². The molecular formula is C19H19F2N5. The first-order chi connectivity index (χ1) is 12.4. The largest absolute Gasteiger partial charge is 0.378 e. The lowest BCUT2D eigenvalue weighted by molar-refractivity contribution is 0.586. The zero-order chi connectivity index (χ0) is 18.7. The molecule has 0 saturated heterocycles. The van der Waals surface area contributed by atoms with Crippen LogP contribution < -0.4 is 15.5 Å². The van der Waals surface area contributed by atoms with Crippen molar-refractivity contribution in [2.24, 2.45) is 0 Å². The van der Waals surface area contributed by atoms with E-state index in [0.29, 0.717) is 11.5 Å². The molecule has 0 aliphatic heterocycles. The Morgan fingerprint density at radius 2 is 1.62 bits per heavy atom. The van der Waals surface area contributed by atoms with Crippen LogP contribution in [0.15, 0.2) is 48.5 Å². The highest BCUT2D eigenvalue weighted by molar-refractivity contribution is 5.62. The van der Waals surface area contributed by atoms with Gasteiger partial charge in [-0.3, -0.25) is 0 Å². The van der Waals surface area contributed by atoms with Crippen molar-refractivity contribution in [3.8, 4) is 0 Å². The summed E-state index contributed by atoms with van der Waals surface area (Å²) in [4.78, 5) is 10.6. The van der Waals surface area contributed by atoms with Crippen LogP contribution in [0, 0.1) is 18.6 Å². The summed E-state index contributed by atoms with van der Waals surface area (Å²) in [6, 6.07) is 12.9. The maximum atomic E-state index is 13.8. The van der Waals surface area contributed by atoms with E-state index >= 15 is 0 Å². The number of aryl methyl sites for hydroxylation is 1. The zero-order valence-electron chi connectivity index (χ0n) is 14.7. The number of rotatable bonds is 5. The summed E-state index contributed by atoms with van der Waals surface area (Å²) < 4.78 is 26.8. The van der Waals surface area contributed by atoms with E-state index in [-0.39, 0.29) is 11.6 Å². The summed E-state index contributed by atoms with van der Waals surface area (Å²) in [7, 11) is 3.95. The molecule has 0 atom stereocenters. The molecule has 5 nitrogen and oxygen atoms in total. The first-order valence-corrected chi connectivity index (χ1v) is 8.03. The second kappa shape index (κ2) is 7.35. The summed E-state index contributed by atoms with van der Waals surface area (Å²) in [6.07, 6.45) is 0. The van der Waals surface area contributed by atoms with Gasteiger partial charge in [-0.05, 0) is 43.3 Å². The summed E-state index contributed by atoms with van der Waals surface area (Å²) in [5, 5.41) is 5.98. The van der Waals surface area contributed by atoms with Gasteiger partial charge in [-0.1, -0.05) is 0 Å². The van der Waals surface area contributed by atoms with Crippen molar-refractivity contribution in [1.82, 2.24) is 9.97 Å². The van der Waals surface area contributed by atoms with Gasteiger partial charge in [0, 0.05) is 43.3 Å². The van der Waals surface area contributed by atoms with E-state index in [1.807, 2.05) is 50.2 Å². The van der Waals surface area contributed by atoms with Crippen molar-refractivity contribution in [2.75, 3.05) is 29.6 Å². The fourth-order valence-corrected chi connectivity index (χ4v) is 2.39. The Hall–Kier alpha value is -3.22. The van der Waals surface area contributed by atoms with Gasteiger partial charge in [0.25, 0.3) is 0 Å². The van der Waals surface area contributed by atoms with Gasteiger partial charge >= 0.3 is 0 Å². The molecule has 0 unspecified atom stereocenters. The van der Waals surface area contributed by atoms with Crippen LogP contribution >= 0.6 is 0 Å². The average molecular weight is 355 g/mol. The molecule has 0 aliphatic carbocycles. The molecule has 0 fully saturated rings. The number of benzene rings is 2. The minimum absolute atomic E-state index is 0.110. The molecule has 3 rings (SSSR count). The lowest BCUT2D eigenvalue weighted by Crippen LogP contribution is -2.08. The quantitative estimate of drug-likeness (QED) is 0.700. The maximum absolute atomic E-state index is 13.8. The summed E-state index contributed by atoms with van der Waals surface area (Å²) in [6.45, 7) is 1.81. The number of hydrogen-bond acceptors (Lipinski definition) is 5. The average Bonchev–Trinajstić information content (AvgIpc) is 2.57. The normalized spacial score (nSPS) is 10.5. The Morgan fingerprint density at radius 1 is 0.885 bits per heavy atom. The minimum atomic E-state index is -0.705. The van der Waals surface area contributed by atoms with E-state index in [1.54, 1.807) is 6.07 Å². The molecule has 0 amide bonds. The van der Waals surface area contributed by atoms with Crippen molar-refractivity contribution in [2.45, 2.75) is 6.92 Å². The molecular weight excluding hydrogens is 336 g/mol. The van der Waals surface area contributed by atoms with E-state index in [1.165, 1.54) is 12.1 Å². The van der Waals surface area contributed by atoms with Gasteiger partial charge in [-0.2, -0.15) is 4.98 Å². The molecule has 7 heteroatoms. The molecule has 3 aromatic rings. The van der Waals surface area contributed by atoms with Gasteiger partial charge in [-0.15, -0.1) is 0 Å². The van der Waals surface area contributed by atoms with E-state index in [0.717, 1.165) is 17.4 Å². The van der Waals surface area contributed by atoms with Gasteiger partial charge in [0.05, 0.1) is 5.69 Å². The van der Waals surface area contributed by atoms with Crippen LogP contribution in [-0.4, -0.2) is 24.1 Å². The molecule has 0 radical (unpaired) electrons. The fraction of sp³-hybridized carbons (Fsp3) is 0.158. The molecule has 0 aliphatic rings. The lowest BCUT2D eigenvalue weighted by atomic mass is 10.2. The van der Waals surface area contributed by atoms with E-state index in [4.69, 9.17) is 0 Å². The molecule has 134 valence electrons. The summed E-state index contributed by atoms with van der Waals surface area (Å²) in [5.41, 5.74) is 2.77. The minimum Gasteiger partial charge on any atom is -0.378 e. The Bertz CT molecular complexity index is 910. The van der Waals surface area contributed by atoms with Gasteiger partial charge in [0.1, 0.15) is 17.5 Å². The summed E-state index contributed by atoms with van der Waals surface area (Å²) in [5.74, 6) is -0.548. The second-order valence-electron chi connectivity index (χ2n) is 6.03. The second-order valence-corrected chi connectivity index (χ2v) is 6.03. The smallest absolute Gasteiger partial charge is 0.229 e. The van der Waals surface area contributed by atoms with Crippen LogP contribution in [0.2, 0.25) is 0 Å². The zero-order valence-corrected chi connectivity index (χ0v) is 14.7. The highest BCUT2D eigenvalue weighted by atomic mass is 19.1. The number of nitrogens with one attached hydrogen (secondary N) is 2. The third kappa shape index (κ3) is 4.24. The Kier molecular flexibility index (Phi) is 4.97. The molecule has 26 heavy (non-hydrogen) atoms. The van der Waals surface area contributed by atoms with Crippen LogP contribution in [0.1, 0.15) is 5.69 Å².